The van der Waals surface area contributed by atoms with Gasteiger partial charge in [-0.2, -0.15) is 0 Å². The van der Waals surface area contributed by atoms with Crippen LogP contribution < -0.4 is 0 Å². The first-order chi connectivity index (χ1) is 12.7. The summed E-state index contributed by atoms with van der Waals surface area (Å²) >= 11 is 10.2. The van der Waals surface area contributed by atoms with Gasteiger partial charge in [0.15, 0.2) is 0 Å². The molecule has 2 aliphatic heterocycles. The second kappa shape index (κ2) is 5.86. The van der Waals surface area contributed by atoms with Crippen molar-refractivity contribution in [2.75, 3.05) is 0 Å². The molecule has 0 saturated carbocycles. The van der Waals surface area contributed by atoms with Crippen molar-refractivity contribution in [3.8, 4) is 0 Å². The fourth-order valence-electron chi connectivity index (χ4n) is 3.06. The van der Waals surface area contributed by atoms with E-state index in [1.165, 1.54) is 0 Å². The van der Waals surface area contributed by atoms with Crippen molar-refractivity contribution in [3.05, 3.63) is 71.3 Å². The number of nitrogens with zero attached hydrogens (tertiary/aromatic N) is 4. The van der Waals surface area contributed by atoms with Gasteiger partial charge in [0, 0.05) is 11.0 Å². The quantitative estimate of drug-likeness (QED) is 0.318. The monoisotopic (exact) mass is 373 g/mol. The van der Waals surface area contributed by atoms with Gasteiger partial charge < -0.3 is 16.8 Å². The van der Waals surface area contributed by atoms with E-state index in [1.807, 2.05) is 76.8 Å². The van der Waals surface area contributed by atoms with Crippen LogP contribution in [0.25, 0.3) is 46.4 Å². The third kappa shape index (κ3) is 2.64. The van der Waals surface area contributed by atoms with Crippen molar-refractivity contribution in [2.24, 2.45) is 0 Å². The van der Waals surface area contributed by atoms with Gasteiger partial charge in [-0.15, -0.1) is 0 Å². The summed E-state index contributed by atoms with van der Waals surface area (Å²) in [5.74, 6) is 0. The van der Waals surface area contributed by atoms with Crippen LogP contribution in [0.2, 0.25) is 0 Å². The summed E-state index contributed by atoms with van der Waals surface area (Å²) in [5.41, 5.74) is 7.26. The maximum Gasteiger partial charge on any atom is 0.0659 e. The maximum absolute atomic E-state index is 5.56. The molecule has 5 heterocycles. The summed E-state index contributed by atoms with van der Waals surface area (Å²) in [4.78, 5) is 9.26. The fourth-order valence-corrected chi connectivity index (χ4v) is 3.54. The first-order valence-electron chi connectivity index (χ1n) is 8.12. The van der Waals surface area contributed by atoms with E-state index < -0.39 is 0 Å². The molecule has 0 radical (unpaired) electrons. The molecule has 3 aromatic heterocycles. The zero-order chi connectivity index (χ0) is 17.7. The van der Waals surface area contributed by atoms with Crippen molar-refractivity contribution < 1.29 is 0 Å². The molecule has 2 aliphatic rings. The molecule has 0 fully saturated rings. The van der Waals surface area contributed by atoms with Crippen LogP contribution in [0.1, 0.15) is 22.8 Å². The number of fused-ring (bicyclic) bond motifs is 8. The average Bonchev–Trinajstić information content (AvgIpc) is 3.38. The number of hydrogen-bond donors (Lipinski definition) is 1. The molecule has 6 heteroatoms. The molecule has 0 saturated heterocycles. The number of rotatable bonds is 0. The van der Waals surface area contributed by atoms with Crippen molar-refractivity contribution >= 4 is 72.0 Å². The molecule has 0 spiro atoms. The largest absolute Gasteiger partial charge is 0.687 e. The molecule has 3 aromatic rings. The standard InChI is InChI=1S/C20H13N4S2/c25-23-17-5-7-19(23)12-20-8-6-18(24(20)26)11-16-4-2-14(22-16)9-13-1-3-15(10-17)21-13/h1-12,25H/q-1. The lowest BCUT2D eigenvalue weighted by atomic mass is 10.3. The molecule has 0 atom stereocenters. The molecule has 5 rings (SSSR count). The third-order valence-corrected chi connectivity index (χ3v) is 5.24. The number of aromatic nitrogens is 4. The van der Waals surface area contributed by atoms with E-state index in [0.717, 1.165) is 44.8 Å². The van der Waals surface area contributed by atoms with E-state index in [0.29, 0.717) is 0 Å². The maximum atomic E-state index is 5.56. The Labute approximate surface area is 161 Å². The smallest absolute Gasteiger partial charge is 0.0659 e. The SMILES string of the molecule is [S-]n1c2ccc1cc1ccc(cc3nc(cc4nc(c2)C=C4)C=C3)n1S. The zero-order valence-corrected chi connectivity index (χ0v) is 15.3. The van der Waals surface area contributed by atoms with Crippen LogP contribution in [0.5, 0.6) is 0 Å². The average molecular weight is 373 g/mol. The predicted molar refractivity (Wildman–Crippen MR) is 113 cm³/mol. The van der Waals surface area contributed by atoms with Crippen LogP contribution in [-0.2, 0) is 12.8 Å². The third-order valence-electron chi connectivity index (χ3n) is 4.36. The minimum atomic E-state index is 0.872. The molecule has 126 valence electrons. The van der Waals surface area contributed by atoms with Gasteiger partial charge in [-0.1, -0.05) is 12.8 Å². The van der Waals surface area contributed by atoms with E-state index in [2.05, 4.69) is 22.8 Å². The van der Waals surface area contributed by atoms with Crippen LogP contribution >= 0.6 is 12.8 Å². The van der Waals surface area contributed by atoms with Gasteiger partial charge in [-0.3, -0.25) is 3.97 Å². The van der Waals surface area contributed by atoms with Gasteiger partial charge in [0.2, 0.25) is 0 Å². The first-order valence-corrected chi connectivity index (χ1v) is 8.89. The normalized spacial score (nSPS) is 12.7. The molecule has 4 nitrogen and oxygen atoms in total. The summed E-state index contributed by atoms with van der Waals surface area (Å²) in [6.45, 7) is 0. The Kier molecular flexibility index (Phi) is 3.48. The summed E-state index contributed by atoms with van der Waals surface area (Å²) in [6.07, 6.45) is 7.94. The Morgan fingerprint density at radius 1 is 0.615 bits per heavy atom. The molecule has 0 unspecified atom stereocenters. The molecule has 0 aliphatic carbocycles. The molecule has 0 aromatic carbocycles. The second-order valence-electron chi connectivity index (χ2n) is 6.14. The molecule has 8 bridgehead atoms. The van der Waals surface area contributed by atoms with E-state index in [9.17, 15) is 0 Å². The van der Waals surface area contributed by atoms with Crippen LogP contribution in [0, 0.1) is 0 Å². The van der Waals surface area contributed by atoms with E-state index in [4.69, 9.17) is 12.8 Å². The molecular weight excluding hydrogens is 360 g/mol. The van der Waals surface area contributed by atoms with E-state index in [-0.39, 0.29) is 0 Å². The predicted octanol–water partition coefficient (Wildman–Crippen LogP) is 4.61. The summed E-state index contributed by atoms with van der Waals surface area (Å²) in [5, 5.41) is 0. The Morgan fingerprint density at radius 2 is 1.04 bits per heavy atom. The van der Waals surface area contributed by atoms with Gasteiger partial charge in [-0.25, -0.2) is 9.97 Å². The Balaban J connectivity index is 1.91. The van der Waals surface area contributed by atoms with Crippen LogP contribution in [0.15, 0.2) is 48.5 Å². The van der Waals surface area contributed by atoms with Crippen molar-refractivity contribution in [1.82, 2.24) is 17.9 Å². The Bertz CT molecular complexity index is 1170. The second-order valence-corrected chi connectivity index (χ2v) is 6.90. The van der Waals surface area contributed by atoms with Crippen LogP contribution in [0.3, 0.4) is 0 Å². The van der Waals surface area contributed by atoms with Gasteiger partial charge >= 0.3 is 0 Å². The van der Waals surface area contributed by atoms with Gasteiger partial charge in [0.1, 0.15) is 0 Å². The molecule has 26 heavy (non-hydrogen) atoms. The number of hydrogen-bond acceptors (Lipinski definition) is 4. The molecule has 0 amide bonds. The van der Waals surface area contributed by atoms with E-state index in [1.54, 1.807) is 3.97 Å². The van der Waals surface area contributed by atoms with Crippen molar-refractivity contribution in [3.63, 3.8) is 0 Å². The van der Waals surface area contributed by atoms with Crippen LogP contribution in [-0.4, -0.2) is 17.9 Å². The van der Waals surface area contributed by atoms with Gasteiger partial charge in [0.25, 0.3) is 0 Å². The highest BCUT2D eigenvalue weighted by Gasteiger charge is 2.03. The fraction of sp³-hybridized carbons (Fsp3) is 0. The first kappa shape index (κ1) is 15.4. The van der Waals surface area contributed by atoms with Crippen molar-refractivity contribution in [2.45, 2.75) is 0 Å². The molecular formula is C20H13N4S2-. The lowest BCUT2D eigenvalue weighted by Crippen LogP contribution is -1.85. The highest BCUT2D eigenvalue weighted by molar-refractivity contribution is 7.79. The zero-order valence-electron chi connectivity index (χ0n) is 13.6. The highest BCUT2D eigenvalue weighted by atomic mass is 32.1. The Hall–Kier alpha value is -2.83. The minimum Gasteiger partial charge on any atom is -0.687 e. The summed E-state index contributed by atoms with van der Waals surface area (Å²) in [6, 6.07) is 16.0. The lowest BCUT2D eigenvalue weighted by Gasteiger charge is -2.09. The summed E-state index contributed by atoms with van der Waals surface area (Å²) < 4.78 is 3.57. The number of thiol groups is 1. The van der Waals surface area contributed by atoms with Crippen LogP contribution in [0.4, 0.5) is 0 Å². The topological polar surface area (TPSA) is 35.6 Å². The van der Waals surface area contributed by atoms with Gasteiger partial charge in [0.05, 0.1) is 33.8 Å². The van der Waals surface area contributed by atoms with Crippen molar-refractivity contribution in [1.29, 1.82) is 0 Å². The minimum absolute atomic E-state index is 0.872. The Morgan fingerprint density at radius 3 is 1.65 bits per heavy atom. The highest BCUT2D eigenvalue weighted by Crippen LogP contribution is 2.20. The van der Waals surface area contributed by atoms with Gasteiger partial charge in [-0.05, 0) is 72.8 Å². The lowest BCUT2D eigenvalue weighted by molar-refractivity contribution is 1.27. The molecule has 0 N–H and O–H groups in total. The summed E-state index contributed by atoms with van der Waals surface area (Å²) in [7, 11) is 0. The van der Waals surface area contributed by atoms with E-state index >= 15 is 0 Å².